The quantitative estimate of drug-likeness (QED) is 0.790. The van der Waals surface area contributed by atoms with Gasteiger partial charge in [0.05, 0.1) is 18.2 Å². The van der Waals surface area contributed by atoms with Gasteiger partial charge >= 0.3 is 5.97 Å². The fourth-order valence-electron chi connectivity index (χ4n) is 2.96. The molecule has 0 N–H and O–H groups in total. The van der Waals surface area contributed by atoms with Crippen LogP contribution in [0.1, 0.15) is 54.2 Å². The SMILES string of the molecule is COC(=O)c1ccn2c(C3CCCCC3)nc(Cl)c2c1. The summed E-state index contributed by atoms with van der Waals surface area (Å²) in [6, 6.07) is 3.50. The zero-order valence-corrected chi connectivity index (χ0v) is 12.2. The Kier molecular flexibility index (Phi) is 3.66. The number of hydrogen-bond donors (Lipinski definition) is 0. The van der Waals surface area contributed by atoms with E-state index in [9.17, 15) is 4.79 Å². The summed E-state index contributed by atoms with van der Waals surface area (Å²) in [7, 11) is 1.37. The third-order valence-electron chi connectivity index (χ3n) is 4.02. The molecule has 2 aromatic heterocycles. The number of esters is 1. The van der Waals surface area contributed by atoms with Crippen LogP contribution in [0.4, 0.5) is 0 Å². The van der Waals surface area contributed by atoms with Crippen molar-refractivity contribution >= 4 is 23.1 Å². The largest absolute Gasteiger partial charge is 0.465 e. The van der Waals surface area contributed by atoms with Crippen LogP contribution >= 0.6 is 11.6 Å². The zero-order valence-electron chi connectivity index (χ0n) is 11.4. The van der Waals surface area contributed by atoms with Crippen LogP contribution in [0.25, 0.3) is 5.52 Å². The van der Waals surface area contributed by atoms with Crippen LogP contribution in [0.2, 0.25) is 5.15 Å². The smallest absolute Gasteiger partial charge is 0.337 e. The summed E-state index contributed by atoms with van der Waals surface area (Å²) in [5.74, 6) is 1.12. The molecule has 0 saturated heterocycles. The second-order valence-electron chi connectivity index (χ2n) is 5.26. The van der Waals surface area contributed by atoms with Crippen LogP contribution in [-0.2, 0) is 4.74 Å². The molecule has 4 nitrogen and oxygen atoms in total. The van der Waals surface area contributed by atoms with Gasteiger partial charge in [0.15, 0.2) is 5.15 Å². The summed E-state index contributed by atoms with van der Waals surface area (Å²) in [5, 5.41) is 0.455. The van der Waals surface area contributed by atoms with Crippen molar-refractivity contribution in [3.63, 3.8) is 0 Å². The average Bonchev–Trinajstić information content (AvgIpc) is 2.84. The van der Waals surface area contributed by atoms with Gasteiger partial charge in [0, 0.05) is 12.1 Å². The van der Waals surface area contributed by atoms with Gasteiger partial charge in [-0.25, -0.2) is 9.78 Å². The lowest BCUT2D eigenvalue weighted by molar-refractivity contribution is 0.0600. The lowest BCUT2D eigenvalue weighted by atomic mass is 9.89. The Labute approximate surface area is 122 Å². The van der Waals surface area contributed by atoms with Gasteiger partial charge < -0.3 is 9.14 Å². The Morgan fingerprint density at radius 1 is 1.40 bits per heavy atom. The Bertz CT molecular complexity index is 645. The molecule has 5 heteroatoms. The normalized spacial score (nSPS) is 16.5. The monoisotopic (exact) mass is 292 g/mol. The molecular formula is C15H17ClN2O2. The highest BCUT2D eigenvalue weighted by Gasteiger charge is 2.22. The van der Waals surface area contributed by atoms with E-state index in [1.165, 1.54) is 26.4 Å². The first-order valence-corrected chi connectivity index (χ1v) is 7.34. The molecule has 0 aromatic carbocycles. The second kappa shape index (κ2) is 5.44. The summed E-state index contributed by atoms with van der Waals surface area (Å²) in [4.78, 5) is 16.1. The topological polar surface area (TPSA) is 43.6 Å². The van der Waals surface area contributed by atoms with Gasteiger partial charge in [-0.15, -0.1) is 0 Å². The number of imidazole rings is 1. The first-order valence-electron chi connectivity index (χ1n) is 6.96. The number of nitrogens with zero attached hydrogens (tertiary/aromatic N) is 2. The highest BCUT2D eigenvalue weighted by atomic mass is 35.5. The van der Waals surface area contributed by atoms with Crippen molar-refractivity contribution in [1.29, 1.82) is 0 Å². The lowest BCUT2D eigenvalue weighted by Gasteiger charge is -2.20. The summed E-state index contributed by atoms with van der Waals surface area (Å²) in [6.07, 6.45) is 7.99. The van der Waals surface area contributed by atoms with Crippen LogP contribution in [-0.4, -0.2) is 22.5 Å². The maximum atomic E-state index is 11.6. The number of fused-ring (bicyclic) bond motifs is 1. The Balaban J connectivity index is 2.05. The molecule has 0 radical (unpaired) electrons. The maximum Gasteiger partial charge on any atom is 0.337 e. The molecule has 20 heavy (non-hydrogen) atoms. The first-order chi connectivity index (χ1) is 9.70. The second-order valence-corrected chi connectivity index (χ2v) is 5.62. The molecule has 2 aromatic rings. The first kappa shape index (κ1) is 13.4. The molecular weight excluding hydrogens is 276 g/mol. The van der Waals surface area contributed by atoms with E-state index in [0.29, 0.717) is 16.6 Å². The molecule has 2 heterocycles. The molecule has 1 aliphatic carbocycles. The fraction of sp³-hybridized carbons (Fsp3) is 0.467. The average molecular weight is 293 g/mol. The van der Waals surface area contributed by atoms with E-state index in [1.807, 2.05) is 10.6 Å². The van der Waals surface area contributed by atoms with Crippen LogP contribution in [0, 0.1) is 0 Å². The van der Waals surface area contributed by atoms with E-state index in [4.69, 9.17) is 16.3 Å². The number of carbonyl (C=O) groups excluding carboxylic acids is 1. The number of pyridine rings is 1. The van der Waals surface area contributed by atoms with E-state index < -0.39 is 0 Å². The van der Waals surface area contributed by atoms with Gasteiger partial charge in [-0.1, -0.05) is 30.9 Å². The molecule has 1 saturated carbocycles. The van der Waals surface area contributed by atoms with Crippen LogP contribution in [0.15, 0.2) is 18.3 Å². The summed E-state index contributed by atoms with van der Waals surface area (Å²) in [6.45, 7) is 0. The summed E-state index contributed by atoms with van der Waals surface area (Å²) >= 11 is 6.23. The third kappa shape index (κ3) is 2.29. The molecule has 106 valence electrons. The van der Waals surface area contributed by atoms with Gasteiger partial charge in [0.25, 0.3) is 0 Å². The highest BCUT2D eigenvalue weighted by Crippen LogP contribution is 2.34. The number of rotatable bonds is 2. The minimum atomic E-state index is -0.357. The maximum absolute atomic E-state index is 11.6. The molecule has 0 amide bonds. The minimum Gasteiger partial charge on any atom is -0.465 e. The van der Waals surface area contributed by atoms with Crippen molar-refractivity contribution in [1.82, 2.24) is 9.38 Å². The molecule has 3 rings (SSSR count). The molecule has 0 atom stereocenters. The molecule has 0 spiro atoms. The minimum absolute atomic E-state index is 0.357. The molecule has 0 aliphatic heterocycles. The van der Waals surface area contributed by atoms with Crippen molar-refractivity contribution in [2.75, 3.05) is 7.11 Å². The number of aromatic nitrogens is 2. The number of ether oxygens (including phenoxy) is 1. The van der Waals surface area contributed by atoms with Crippen molar-refractivity contribution in [2.45, 2.75) is 38.0 Å². The molecule has 1 fully saturated rings. The highest BCUT2D eigenvalue weighted by molar-refractivity contribution is 6.32. The summed E-state index contributed by atoms with van der Waals surface area (Å²) in [5.41, 5.74) is 1.27. The van der Waals surface area contributed by atoms with Gasteiger partial charge in [-0.05, 0) is 25.0 Å². The van der Waals surface area contributed by atoms with Crippen molar-refractivity contribution in [2.24, 2.45) is 0 Å². The van der Waals surface area contributed by atoms with Crippen molar-refractivity contribution in [3.05, 3.63) is 34.9 Å². The van der Waals surface area contributed by atoms with Gasteiger partial charge in [-0.3, -0.25) is 0 Å². The van der Waals surface area contributed by atoms with Crippen LogP contribution in [0.3, 0.4) is 0 Å². The van der Waals surface area contributed by atoms with Crippen molar-refractivity contribution < 1.29 is 9.53 Å². The van der Waals surface area contributed by atoms with Crippen LogP contribution < -0.4 is 0 Å². The Morgan fingerprint density at radius 3 is 2.85 bits per heavy atom. The fourth-order valence-corrected chi connectivity index (χ4v) is 3.20. The number of halogens is 1. The van der Waals surface area contributed by atoms with E-state index in [1.54, 1.807) is 12.1 Å². The lowest BCUT2D eigenvalue weighted by Crippen LogP contribution is -2.09. The van der Waals surface area contributed by atoms with Gasteiger partial charge in [0.2, 0.25) is 0 Å². The molecule has 0 bridgehead atoms. The zero-order chi connectivity index (χ0) is 14.1. The van der Waals surface area contributed by atoms with Crippen molar-refractivity contribution in [3.8, 4) is 0 Å². The Morgan fingerprint density at radius 2 is 2.15 bits per heavy atom. The van der Waals surface area contributed by atoms with Gasteiger partial charge in [-0.2, -0.15) is 0 Å². The van der Waals surface area contributed by atoms with Gasteiger partial charge in [0.1, 0.15) is 5.82 Å². The predicted octanol–water partition coefficient (Wildman–Crippen LogP) is 3.82. The standard InChI is InChI=1S/C15H17ClN2O2/c1-20-15(19)11-7-8-18-12(9-11)13(16)17-14(18)10-5-3-2-4-6-10/h7-10H,2-6H2,1H3. The Hall–Kier alpha value is -1.55. The van der Waals surface area contributed by atoms with E-state index in [0.717, 1.165) is 24.2 Å². The number of methoxy groups -OCH3 is 1. The van der Waals surface area contributed by atoms with E-state index in [2.05, 4.69) is 4.98 Å². The molecule has 0 unspecified atom stereocenters. The number of carbonyl (C=O) groups is 1. The number of hydrogen-bond acceptors (Lipinski definition) is 3. The molecule has 1 aliphatic rings. The summed E-state index contributed by atoms with van der Waals surface area (Å²) < 4.78 is 6.74. The predicted molar refractivity (Wildman–Crippen MR) is 77.4 cm³/mol. The third-order valence-corrected chi connectivity index (χ3v) is 4.30. The van der Waals surface area contributed by atoms with Crippen LogP contribution in [0.5, 0.6) is 0 Å². The van der Waals surface area contributed by atoms with E-state index in [-0.39, 0.29) is 5.97 Å². The van der Waals surface area contributed by atoms with E-state index >= 15 is 0 Å².